The Balaban J connectivity index is 1.09. The fourth-order valence-corrected chi connectivity index (χ4v) is 6.27. The predicted octanol–water partition coefficient (Wildman–Crippen LogP) is 2.30. The van der Waals surface area contributed by atoms with Gasteiger partial charge in [0.15, 0.2) is 28.6 Å². The van der Waals surface area contributed by atoms with Crippen LogP contribution in [0.4, 0.5) is 14.6 Å². The molecule has 2 heterocycles. The van der Waals surface area contributed by atoms with Crippen molar-refractivity contribution in [2.24, 2.45) is 5.92 Å². The Hall–Kier alpha value is -7.27. The molecule has 0 radical (unpaired) electrons. The summed E-state index contributed by atoms with van der Waals surface area (Å²) in [6.07, 6.45) is 3.76. The third-order valence-electron chi connectivity index (χ3n) is 9.95. The largest absolute Gasteiger partial charge is 0.480 e. The van der Waals surface area contributed by atoms with E-state index >= 15 is 0 Å². The molecule has 0 fully saturated rings. The van der Waals surface area contributed by atoms with E-state index < -0.39 is 65.8 Å². The van der Waals surface area contributed by atoms with Crippen molar-refractivity contribution in [3.05, 3.63) is 76.9 Å². The number of carbonyl (C=O) groups is 6. The molecule has 0 spiro atoms. The zero-order chi connectivity index (χ0) is 50.3. The van der Waals surface area contributed by atoms with Crippen LogP contribution in [0.1, 0.15) is 74.9 Å². The summed E-state index contributed by atoms with van der Waals surface area (Å²) in [7, 11) is 0. The van der Waals surface area contributed by atoms with Crippen molar-refractivity contribution in [2.75, 3.05) is 65.0 Å². The number of nitrogens with zero attached hydrogens (tertiary/aromatic N) is 4. The fraction of sp³-hybridized carbons (Fsp3) is 0.457. The van der Waals surface area contributed by atoms with Crippen molar-refractivity contribution >= 4 is 58.6 Å². The van der Waals surface area contributed by atoms with Gasteiger partial charge in [-0.25, -0.2) is 13.6 Å². The van der Waals surface area contributed by atoms with E-state index in [1.54, 1.807) is 45.0 Å². The van der Waals surface area contributed by atoms with Gasteiger partial charge >= 0.3 is 12.0 Å². The molecular formula is C46H60F2N10O11. The number of nitrogen functional groups attached to an aromatic ring is 1. The molecule has 5 amide bonds. The van der Waals surface area contributed by atoms with E-state index in [1.165, 1.54) is 16.7 Å². The maximum atomic E-state index is 13.4. The number of unbranched alkanes of at least 4 members (excludes halogenated alkanes) is 1. The van der Waals surface area contributed by atoms with Crippen LogP contribution in [0.25, 0.3) is 17.2 Å². The SMILES string of the molecule is CCCCOc1nc(N)c2nc(O)n(Cc3ccc(C(=O)NCCOCCOCCNC(=O)CC[C@@H](NC(=O)[C@@H](NC(=O)CNC(=O)/C=C/c4ccc(F)c(F)c4)C(C)C)C(=O)OCC)cc3)c2n1. The van der Waals surface area contributed by atoms with Crippen LogP contribution >= 0.6 is 0 Å². The molecular weight excluding hydrogens is 907 g/mol. The van der Waals surface area contributed by atoms with Crippen molar-refractivity contribution < 1.29 is 61.6 Å². The summed E-state index contributed by atoms with van der Waals surface area (Å²) in [6, 6.07) is 7.36. The standard InChI is InChI=1S/C46H60F2N10O11/c1-5-7-20-69-45-56-40(49)39-41(57-45)58(46(65)55-39)27-30-8-12-31(13-9-30)42(62)51-19-22-67-24-23-66-21-18-50-35(59)17-15-34(44(64)68-6-2)53-43(63)38(28(3)4)54-37(61)26-52-36(60)16-11-29-10-14-32(47)33(48)25-29/h8-14,16,25,28,34,38H,5-7,15,17-24,26-27H2,1-4H3,(H,50,59)(H,51,62)(H,52,60)(H,53,63)(H,54,61)(H,55,65)(H2,49,56,57)/b16-11+/t34-,38+/m1/s1. The summed E-state index contributed by atoms with van der Waals surface area (Å²) < 4.78 is 49.8. The molecule has 0 aliphatic rings. The quantitative estimate of drug-likeness (QED) is 0.0234. The summed E-state index contributed by atoms with van der Waals surface area (Å²) in [5, 5.41) is 23.4. The number of aromatic hydroxyl groups is 1. The number of halogens is 2. The number of rotatable bonds is 29. The highest BCUT2D eigenvalue weighted by Crippen LogP contribution is 2.26. The Labute approximate surface area is 397 Å². The molecule has 2 aromatic heterocycles. The van der Waals surface area contributed by atoms with E-state index in [0.717, 1.165) is 36.6 Å². The molecule has 69 heavy (non-hydrogen) atoms. The second kappa shape index (κ2) is 28.2. The summed E-state index contributed by atoms with van der Waals surface area (Å²) in [5.74, 6) is -6.10. The maximum absolute atomic E-state index is 13.4. The Morgan fingerprint density at radius 1 is 0.841 bits per heavy atom. The normalized spacial score (nSPS) is 12.1. The molecule has 0 unspecified atom stereocenters. The summed E-state index contributed by atoms with van der Waals surface area (Å²) in [4.78, 5) is 88.7. The Morgan fingerprint density at radius 2 is 1.55 bits per heavy atom. The third-order valence-corrected chi connectivity index (χ3v) is 9.95. The third kappa shape index (κ3) is 18.0. The molecule has 0 aliphatic heterocycles. The number of fused-ring (bicyclic) bond motifs is 1. The van der Waals surface area contributed by atoms with Crippen molar-refractivity contribution in [3.63, 3.8) is 0 Å². The zero-order valence-corrected chi connectivity index (χ0v) is 39.0. The molecule has 4 rings (SSSR count). The van der Waals surface area contributed by atoms with Crippen LogP contribution in [-0.4, -0.2) is 131 Å². The van der Waals surface area contributed by atoms with Gasteiger partial charge in [-0.2, -0.15) is 15.0 Å². The number of benzene rings is 2. The first-order chi connectivity index (χ1) is 33.1. The number of ether oxygens (including phenoxy) is 4. The molecule has 23 heteroatoms. The van der Waals surface area contributed by atoms with Gasteiger partial charge in [-0.1, -0.05) is 45.4 Å². The van der Waals surface area contributed by atoms with E-state index in [2.05, 4.69) is 41.5 Å². The molecule has 0 saturated carbocycles. The monoisotopic (exact) mass is 966 g/mol. The minimum absolute atomic E-state index is 0.0164. The molecule has 2 atom stereocenters. The first kappa shape index (κ1) is 54.3. The minimum Gasteiger partial charge on any atom is -0.480 e. The Bertz CT molecular complexity index is 2400. The lowest BCUT2D eigenvalue weighted by Gasteiger charge is -2.25. The highest BCUT2D eigenvalue weighted by atomic mass is 19.2. The molecule has 2 aromatic carbocycles. The highest BCUT2D eigenvalue weighted by molar-refractivity contribution is 5.96. The van der Waals surface area contributed by atoms with Gasteiger partial charge in [0.05, 0.1) is 52.7 Å². The van der Waals surface area contributed by atoms with Crippen molar-refractivity contribution in [3.8, 4) is 12.0 Å². The highest BCUT2D eigenvalue weighted by Gasteiger charge is 2.30. The van der Waals surface area contributed by atoms with Gasteiger partial charge in [0.2, 0.25) is 23.6 Å². The van der Waals surface area contributed by atoms with Crippen LogP contribution in [0, 0.1) is 17.6 Å². The first-order valence-electron chi connectivity index (χ1n) is 22.4. The molecule has 0 saturated heterocycles. The number of nitrogens with one attached hydrogen (secondary N) is 5. The van der Waals surface area contributed by atoms with Gasteiger partial charge in [-0.3, -0.25) is 28.5 Å². The van der Waals surface area contributed by atoms with Crippen LogP contribution < -0.4 is 37.1 Å². The lowest BCUT2D eigenvalue weighted by Crippen LogP contribution is -2.55. The molecule has 21 nitrogen and oxygen atoms in total. The van der Waals surface area contributed by atoms with Crippen LogP contribution in [0.15, 0.2) is 48.5 Å². The zero-order valence-electron chi connectivity index (χ0n) is 39.0. The van der Waals surface area contributed by atoms with Gasteiger partial charge in [0.25, 0.3) is 11.9 Å². The number of anilines is 1. The van der Waals surface area contributed by atoms with E-state index in [9.17, 15) is 42.7 Å². The van der Waals surface area contributed by atoms with Crippen LogP contribution in [0.5, 0.6) is 12.0 Å². The van der Waals surface area contributed by atoms with Gasteiger partial charge < -0.3 is 56.4 Å². The topological polar surface area (TPSA) is 289 Å². The smallest absolute Gasteiger partial charge is 0.328 e. The van der Waals surface area contributed by atoms with Crippen LogP contribution in [0.2, 0.25) is 0 Å². The second-order valence-electron chi connectivity index (χ2n) is 15.7. The molecule has 374 valence electrons. The first-order valence-corrected chi connectivity index (χ1v) is 22.4. The van der Waals surface area contributed by atoms with E-state index in [0.29, 0.717) is 17.8 Å². The van der Waals surface area contributed by atoms with Crippen LogP contribution in [0.3, 0.4) is 0 Å². The van der Waals surface area contributed by atoms with Gasteiger partial charge in [-0.15, -0.1) is 0 Å². The molecule has 0 bridgehead atoms. The van der Waals surface area contributed by atoms with Crippen molar-refractivity contribution in [1.82, 2.24) is 46.1 Å². The summed E-state index contributed by atoms with van der Waals surface area (Å²) >= 11 is 0. The number of aromatic nitrogens is 4. The van der Waals surface area contributed by atoms with E-state index in [-0.39, 0.29) is 100 Å². The number of imidazole rings is 1. The number of carbonyl (C=O) groups excluding carboxylic acids is 6. The van der Waals surface area contributed by atoms with E-state index in [4.69, 9.17) is 24.7 Å². The van der Waals surface area contributed by atoms with Crippen molar-refractivity contribution in [1.29, 1.82) is 0 Å². The molecule has 8 N–H and O–H groups in total. The molecule has 0 aliphatic carbocycles. The fourth-order valence-electron chi connectivity index (χ4n) is 6.27. The van der Waals surface area contributed by atoms with Gasteiger partial charge in [0.1, 0.15) is 12.1 Å². The summed E-state index contributed by atoms with van der Waals surface area (Å²) in [5.41, 5.74) is 8.01. The Morgan fingerprint density at radius 3 is 2.22 bits per heavy atom. The maximum Gasteiger partial charge on any atom is 0.328 e. The minimum atomic E-state index is -1.21. The number of nitrogens with two attached hydrogens (primary N) is 1. The number of amides is 5. The lowest BCUT2D eigenvalue weighted by atomic mass is 10.0. The summed E-state index contributed by atoms with van der Waals surface area (Å²) in [6.45, 7) is 8.28. The average Bonchev–Trinajstić information content (AvgIpc) is 3.63. The average molecular weight is 967 g/mol. The van der Waals surface area contributed by atoms with Gasteiger partial charge in [-0.05, 0) is 67.2 Å². The van der Waals surface area contributed by atoms with Gasteiger partial charge in [0, 0.05) is 31.1 Å². The lowest BCUT2D eigenvalue weighted by molar-refractivity contribution is -0.148. The van der Waals surface area contributed by atoms with E-state index in [1.807, 2.05) is 6.92 Å². The predicted molar refractivity (Wildman–Crippen MR) is 247 cm³/mol. The second-order valence-corrected chi connectivity index (χ2v) is 15.7. The molecule has 4 aromatic rings. The van der Waals surface area contributed by atoms with Crippen LogP contribution in [-0.2, 0) is 44.7 Å². The number of hydrogen-bond donors (Lipinski definition) is 7. The number of hydrogen-bond acceptors (Lipinski definition) is 15. The Kier molecular flexibility index (Phi) is 22.2. The number of esters is 1. The van der Waals surface area contributed by atoms with Crippen molar-refractivity contribution in [2.45, 2.75) is 72.0 Å².